The van der Waals surface area contributed by atoms with Crippen LogP contribution >= 0.6 is 23.1 Å². The van der Waals surface area contributed by atoms with Crippen LogP contribution in [0.25, 0.3) is 26.9 Å². The Labute approximate surface area is 201 Å². The molecule has 8 nitrogen and oxygen atoms in total. The molecule has 0 bridgehead atoms. The molecule has 0 saturated heterocycles. The van der Waals surface area contributed by atoms with Crippen LogP contribution < -0.4 is 11.1 Å². The number of hydrogen-bond acceptors (Lipinski definition) is 7. The van der Waals surface area contributed by atoms with Gasteiger partial charge >= 0.3 is 0 Å². The Morgan fingerprint density at radius 3 is 2.59 bits per heavy atom. The topological polar surface area (TPSA) is 87.1 Å². The quantitative estimate of drug-likeness (QED) is 0.273. The van der Waals surface area contributed by atoms with Crippen molar-refractivity contribution in [2.75, 3.05) is 0 Å². The molecular weight excluding hydrogens is 468 g/mol. The van der Waals surface area contributed by atoms with Crippen molar-refractivity contribution in [3.05, 3.63) is 98.1 Å². The van der Waals surface area contributed by atoms with Crippen LogP contribution in [-0.2, 0) is 19.3 Å². The van der Waals surface area contributed by atoms with E-state index in [4.69, 9.17) is 4.98 Å². The molecule has 6 rings (SSSR count). The van der Waals surface area contributed by atoms with Crippen molar-refractivity contribution in [2.45, 2.75) is 17.5 Å². The van der Waals surface area contributed by atoms with Gasteiger partial charge < -0.3 is 0 Å². The largest absolute Gasteiger partial charge is 0.282 e. The molecule has 34 heavy (non-hydrogen) atoms. The number of aryl methyl sites for hydroxylation is 1. The van der Waals surface area contributed by atoms with E-state index in [-0.39, 0.29) is 11.1 Å². The average molecular weight is 487 g/mol. The summed E-state index contributed by atoms with van der Waals surface area (Å²) in [5.74, 6) is 1.58. The monoisotopic (exact) mass is 486 g/mol. The first-order chi connectivity index (χ1) is 16.6. The van der Waals surface area contributed by atoms with Crippen molar-refractivity contribution in [3.8, 4) is 0 Å². The Morgan fingerprint density at radius 2 is 1.74 bits per heavy atom. The summed E-state index contributed by atoms with van der Waals surface area (Å²) in [6, 6.07) is 19.2. The number of rotatable bonds is 5. The molecule has 0 aliphatic heterocycles. The molecule has 0 fully saturated rings. The number of nitrogens with zero attached hydrogens (tertiary/aromatic N) is 6. The maximum Gasteiger partial charge on any atom is 0.272 e. The van der Waals surface area contributed by atoms with E-state index in [0.29, 0.717) is 44.7 Å². The molecule has 0 aliphatic rings. The summed E-state index contributed by atoms with van der Waals surface area (Å²) >= 11 is 2.84. The second-order valence-corrected chi connectivity index (χ2v) is 9.69. The Kier molecular flexibility index (Phi) is 5.04. The van der Waals surface area contributed by atoms with Gasteiger partial charge in [0.25, 0.3) is 11.1 Å². The molecule has 168 valence electrons. The Hall–Kier alpha value is -3.76. The van der Waals surface area contributed by atoms with Crippen LogP contribution in [0.4, 0.5) is 0 Å². The summed E-state index contributed by atoms with van der Waals surface area (Å²) in [4.78, 5) is 30.8. The molecule has 4 aromatic heterocycles. The van der Waals surface area contributed by atoms with Gasteiger partial charge in [0.15, 0.2) is 5.16 Å². The fraction of sp³-hybridized carbons (Fsp3) is 0.125. The van der Waals surface area contributed by atoms with Gasteiger partial charge in [-0.1, -0.05) is 54.2 Å². The number of thiophene rings is 1. The number of hydrogen-bond donors (Lipinski definition) is 0. The van der Waals surface area contributed by atoms with Crippen molar-refractivity contribution in [1.29, 1.82) is 0 Å². The predicted octanol–water partition coefficient (Wildman–Crippen LogP) is 3.69. The molecule has 6 aromatic rings. The normalized spacial score (nSPS) is 11.7. The van der Waals surface area contributed by atoms with Crippen molar-refractivity contribution in [1.82, 2.24) is 28.7 Å². The van der Waals surface area contributed by atoms with E-state index in [9.17, 15) is 9.59 Å². The van der Waals surface area contributed by atoms with Crippen LogP contribution in [0.2, 0.25) is 0 Å². The SMILES string of the molecule is Cn1c(=O)c2ccccc2n2c(CSc3nc4ccsc4c(=O)n3Cc3ccccc3)nnc12. The van der Waals surface area contributed by atoms with E-state index in [1.807, 2.05) is 64.4 Å². The van der Waals surface area contributed by atoms with Gasteiger partial charge in [0.2, 0.25) is 5.78 Å². The summed E-state index contributed by atoms with van der Waals surface area (Å²) in [5, 5.41) is 11.7. The van der Waals surface area contributed by atoms with Gasteiger partial charge in [0.1, 0.15) is 10.5 Å². The minimum absolute atomic E-state index is 0.0506. The average Bonchev–Trinajstić information content (AvgIpc) is 3.51. The zero-order valence-corrected chi connectivity index (χ0v) is 19.7. The standard InChI is InChI=1S/C24H18N6O2S2/c1-28-21(31)16-9-5-6-10-18(16)30-19(26-27-23(28)30)14-34-24-25-17-11-12-33-20(17)22(32)29(24)13-15-7-3-2-4-8-15/h2-12H,13-14H2,1H3. The van der Waals surface area contributed by atoms with E-state index >= 15 is 0 Å². The maximum atomic E-state index is 13.3. The molecule has 10 heteroatoms. The number of aromatic nitrogens is 6. The van der Waals surface area contributed by atoms with E-state index in [1.54, 1.807) is 17.7 Å². The third-order valence-electron chi connectivity index (χ3n) is 5.74. The first-order valence-corrected chi connectivity index (χ1v) is 12.4. The highest BCUT2D eigenvalue weighted by molar-refractivity contribution is 7.98. The Bertz CT molecular complexity index is 1800. The Balaban J connectivity index is 1.45. The highest BCUT2D eigenvalue weighted by Crippen LogP contribution is 2.25. The highest BCUT2D eigenvalue weighted by atomic mass is 32.2. The summed E-state index contributed by atoms with van der Waals surface area (Å²) < 4.78 is 5.77. The van der Waals surface area contributed by atoms with Crippen LogP contribution in [0.15, 0.2) is 80.8 Å². The third-order valence-corrected chi connectivity index (χ3v) is 7.60. The summed E-state index contributed by atoms with van der Waals surface area (Å²) in [6.45, 7) is 0.431. The second kappa shape index (κ2) is 8.23. The van der Waals surface area contributed by atoms with Crippen LogP contribution in [0.5, 0.6) is 0 Å². The lowest BCUT2D eigenvalue weighted by molar-refractivity contribution is 0.659. The van der Waals surface area contributed by atoms with Gasteiger partial charge in [-0.25, -0.2) is 4.98 Å². The minimum Gasteiger partial charge on any atom is -0.282 e. The number of fused-ring (bicyclic) bond motifs is 4. The van der Waals surface area contributed by atoms with E-state index in [2.05, 4.69) is 10.2 Å². The van der Waals surface area contributed by atoms with Crippen molar-refractivity contribution in [3.63, 3.8) is 0 Å². The zero-order chi connectivity index (χ0) is 23.2. The lowest BCUT2D eigenvalue weighted by Gasteiger charge is -2.12. The molecule has 0 aliphatic carbocycles. The second-order valence-electron chi connectivity index (χ2n) is 7.83. The molecule has 0 saturated carbocycles. The highest BCUT2D eigenvalue weighted by Gasteiger charge is 2.17. The molecule has 4 heterocycles. The molecule has 0 unspecified atom stereocenters. The minimum atomic E-state index is -0.115. The van der Waals surface area contributed by atoms with Gasteiger partial charge in [0.05, 0.1) is 28.7 Å². The van der Waals surface area contributed by atoms with E-state index < -0.39 is 0 Å². The van der Waals surface area contributed by atoms with Gasteiger partial charge in [-0.05, 0) is 29.1 Å². The Morgan fingerprint density at radius 1 is 0.941 bits per heavy atom. The van der Waals surface area contributed by atoms with E-state index in [1.165, 1.54) is 27.7 Å². The lowest BCUT2D eigenvalue weighted by Crippen LogP contribution is -2.23. The fourth-order valence-corrected chi connectivity index (χ4v) is 5.74. The van der Waals surface area contributed by atoms with Gasteiger partial charge in [-0.3, -0.25) is 23.1 Å². The van der Waals surface area contributed by atoms with Gasteiger partial charge in [0, 0.05) is 7.05 Å². The smallest absolute Gasteiger partial charge is 0.272 e. The number of benzene rings is 2. The first-order valence-electron chi connectivity index (χ1n) is 10.6. The molecule has 2 aromatic carbocycles. The summed E-state index contributed by atoms with van der Waals surface area (Å²) in [6.07, 6.45) is 0. The summed E-state index contributed by atoms with van der Waals surface area (Å²) in [5.41, 5.74) is 2.31. The molecule has 0 N–H and O–H groups in total. The van der Waals surface area contributed by atoms with Crippen LogP contribution in [0.3, 0.4) is 0 Å². The van der Waals surface area contributed by atoms with Crippen molar-refractivity contribution in [2.24, 2.45) is 7.05 Å². The maximum absolute atomic E-state index is 13.3. The van der Waals surface area contributed by atoms with Crippen LogP contribution in [-0.4, -0.2) is 28.7 Å². The van der Waals surface area contributed by atoms with Gasteiger partial charge in [-0.15, -0.1) is 21.5 Å². The molecular formula is C24H18N6O2S2. The molecule has 0 spiro atoms. The predicted molar refractivity (Wildman–Crippen MR) is 135 cm³/mol. The third kappa shape index (κ3) is 3.34. The molecule has 0 atom stereocenters. The first kappa shape index (κ1) is 20.8. The molecule has 0 radical (unpaired) electrons. The lowest BCUT2D eigenvalue weighted by atomic mass is 10.2. The van der Waals surface area contributed by atoms with Crippen LogP contribution in [0.1, 0.15) is 11.4 Å². The number of thioether (sulfide) groups is 1. The van der Waals surface area contributed by atoms with Crippen molar-refractivity contribution >= 4 is 50.0 Å². The van der Waals surface area contributed by atoms with Crippen molar-refractivity contribution < 1.29 is 0 Å². The molecule has 0 amide bonds. The van der Waals surface area contributed by atoms with Gasteiger partial charge in [-0.2, -0.15) is 0 Å². The number of para-hydroxylation sites is 1. The van der Waals surface area contributed by atoms with Crippen LogP contribution in [0, 0.1) is 0 Å². The van der Waals surface area contributed by atoms with E-state index in [0.717, 1.165) is 11.1 Å². The zero-order valence-electron chi connectivity index (χ0n) is 18.1. The fourth-order valence-electron chi connectivity index (χ4n) is 4.05. The summed E-state index contributed by atoms with van der Waals surface area (Å²) in [7, 11) is 1.69.